The Morgan fingerprint density at radius 3 is 2.60 bits per heavy atom. The molecule has 1 aliphatic heterocycles. The average Bonchev–Trinajstić information content (AvgIpc) is 1.82. The third-order valence-corrected chi connectivity index (χ3v) is 2.19. The van der Waals surface area contributed by atoms with Gasteiger partial charge in [-0.1, -0.05) is 24.4 Å². The molecule has 0 aliphatic carbocycles. The van der Waals surface area contributed by atoms with E-state index in [9.17, 15) is 0 Å². The maximum atomic E-state index is 5.57. The van der Waals surface area contributed by atoms with Crippen molar-refractivity contribution < 1.29 is 0 Å². The minimum atomic E-state index is -0.680. The summed E-state index contributed by atoms with van der Waals surface area (Å²) in [6.45, 7) is 0. The first-order valence-corrected chi connectivity index (χ1v) is 3.80. The number of rotatable bonds is 0. The molecule has 3 nitrogen and oxygen atoms in total. The van der Waals surface area contributed by atoms with Crippen molar-refractivity contribution in [2.45, 2.75) is 5.62 Å². The number of hydrogen-bond donors (Lipinski definition) is 1. The minimum absolute atomic E-state index is 0.0373. The standard InChI is InChI=1S/C3H2Cl3N3S/c4-1-7-2(5)9(10)3(6)8-1/h2,10H. The lowest BCUT2D eigenvalue weighted by atomic mass is 10.9. The summed E-state index contributed by atoms with van der Waals surface area (Å²) in [5.74, 6) is 0. The summed E-state index contributed by atoms with van der Waals surface area (Å²) >= 11 is 20.3. The lowest BCUT2D eigenvalue weighted by Crippen LogP contribution is -2.28. The van der Waals surface area contributed by atoms with Gasteiger partial charge in [0.25, 0.3) is 0 Å². The molecule has 56 valence electrons. The van der Waals surface area contributed by atoms with Crippen LogP contribution in [0.15, 0.2) is 9.98 Å². The molecule has 0 aromatic heterocycles. The molecule has 0 spiro atoms. The summed E-state index contributed by atoms with van der Waals surface area (Å²) in [4.78, 5) is 7.22. The molecule has 0 amide bonds. The van der Waals surface area contributed by atoms with Gasteiger partial charge in [0, 0.05) is 0 Å². The molecule has 0 saturated carbocycles. The normalized spacial score (nSPS) is 26.0. The van der Waals surface area contributed by atoms with E-state index < -0.39 is 5.62 Å². The summed E-state index contributed by atoms with van der Waals surface area (Å²) in [5.41, 5.74) is -0.680. The number of alkyl halides is 1. The van der Waals surface area contributed by atoms with Crippen molar-refractivity contribution >= 4 is 58.2 Å². The molecule has 1 atom stereocenters. The minimum Gasteiger partial charge on any atom is -0.256 e. The monoisotopic (exact) mass is 217 g/mol. The van der Waals surface area contributed by atoms with E-state index in [0.717, 1.165) is 0 Å². The second kappa shape index (κ2) is 3.17. The van der Waals surface area contributed by atoms with Crippen LogP contribution in [0.4, 0.5) is 0 Å². The maximum Gasteiger partial charge on any atom is 0.223 e. The number of amidine groups is 2. The largest absolute Gasteiger partial charge is 0.256 e. The first kappa shape index (κ1) is 8.46. The number of halogens is 3. The van der Waals surface area contributed by atoms with Gasteiger partial charge in [-0.15, -0.1) is 0 Å². The Hall–Kier alpha value is 0.360. The molecular weight excluding hydrogens is 216 g/mol. The average molecular weight is 218 g/mol. The highest BCUT2D eigenvalue weighted by Crippen LogP contribution is 2.18. The van der Waals surface area contributed by atoms with Crippen molar-refractivity contribution in [3.8, 4) is 0 Å². The predicted octanol–water partition coefficient (Wildman–Crippen LogP) is 1.86. The van der Waals surface area contributed by atoms with Crippen LogP contribution in [0.3, 0.4) is 0 Å². The first-order chi connectivity index (χ1) is 4.61. The smallest absolute Gasteiger partial charge is 0.223 e. The fourth-order valence-corrected chi connectivity index (χ4v) is 1.16. The van der Waals surface area contributed by atoms with Crippen molar-refractivity contribution in [2.75, 3.05) is 0 Å². The zero-order chi connectivity index (χ0) is 7.72. The molecule has 0 aromatic rings. The molecule has 0 radical (unpaired) electrons. The van der Waals surface area contributed by atoms with Crippen LogP contribution in [0, 0.1) is 0 Å². The highest BCUT2D eigenvalue weighted by Gasteiger charge is 2.19. The van der Waals surface area contributed by atoms with Gasteiger partial charge in [-0.3, -0.25) is 4.31 Å². The predicted molar refractivity (Wildman–Crippen MR) is 47.0 cm³/mol. The van der Waals surface area contributed by atoms with Crippen LogP contribution < -0.4 is 0 Å². The summed E-state index contributed by atoms with van der Waals surface area (Å²) in [6.07, 6.45) is 0. The Labute approximate surface area is 78.2 Å². The van der Waals surface area contributed by atoms with E-state index in [1.807, 2.05) is 0 Å². The van der Waals surface area contributed by atoms with E-state index in [-0.39, 0.29) is 10.6 Å². The quantitative estimate of drug-likeness (QED) is 0.375. The molecule has 1 unspecified atom stereocenters. The van der Waals surface area contributed by atoms with Gasteiger partial charge in [0.15, 0.2) is 0 Å². The lowest BCUT2D eigenvalue weighted by Gasteiger charge is -2.20. The van der Waals surface area contributed by atoms with Crippen LogP contribution in [0.1, 0.15) is 0 Å². The van der Waals surface area contributed by atoms with Crippen LogP contribution in [0.5, 0.6) is 0 Å². The van der Waals surface area contributed by atoms with Crippen molar-refractivity contribution in [2.24, 2.45) is 9.98 Å². The van der Waals surface area contributed by atoms with Gasteiger partial charge < -0.3 is 0 Å². The van der Waals surface area contributed by atoms with E-state index in [1.165, 1.54) is 4.31 Å². The van der Waals surface area contributed by atoms with E-state index in [0.29, 0.717) is 0 Å². The van der Waals surface area contributed by atoms with Crippen LogP contribution in [0.2, 0.25) is 0 Å². The van der Waals surface area contributed by atoms with Gasteiger partial charge in [-0.05, 0) is 23.2 Å². The SMILES string of the molecule is SN1C(Cl)=NC(Cl)=NC1Cl. The highest BCUT2D eigenvalue weighted by molar-refractivity contribution is 7.78. The van der Waals surface area contributed by atoms with E-state index in [2.05, 4.69) is 22.8 Å². The molecule has 10 heavy (non-hydrogen) atoms. The van der Waals surface area contributed by atoms with Crippen molar-refractivity contribution in [3.63, 3.8) is 0 Å². The number of aliphatic imine (C=N–C) groups is 2. The number of thiol groups is 1. The molecule has 1 heterocycles. The van der Waals surface area contributed by atoms with Gasteiger partial charge >= 0.3 is 0 Å². The van der Waals surface area contributed by atoms with Gasteiger partial charge in [-0.2, -0.15) is 4.99 Å². The molecule has 0 bridgehead atoms. The summed E-state index contributed by atoms with van der Waals surface area (Å²) in [7, 11) is 0. The first-order valence-electron chi connectivity index (χ1n) is 2.21. The molecule has 0 N–H and O–H groups in total. The number of nitrogens with zero attached hydrogens (tertiary/aromatic N) is 3. The zero-order valence-electron chi connectivity index (χ0n) is 4.50. The van der Waals surface area contributed by atoms with Gasteiger partial charge in [-0.25, -0.2) is 4.99 Å². The van der Waals surface area contributed by atoms with Crippen LogP contribution in [-0.4, -0.2) is 20.5 Å². The highest BCUT2D eigenvalue weighted by atomic mass is 35.5. The van der Waals surface area contributed by atoms with Gasteiger partial charge in [0.2, 0.25) is 16.2 Å². The van der Waals surface area contributed by atoms with Crippen molar-refractivity contribution in [1.29, 1.82) is 0 Å². The second-order valence-electron chi connectivity index (χ2n) is 1.43. The maximum absolute atomic E-state index is 5.57. The summed E-state index contributed by atoms with van der Waals surface area (Å²) in [6, 6.07) is 0. The van der Waals surface area contributed by atoms with Crippen molar-refractivity contribution in [1.82, 2.24) is 4.31 Å². The van der Waals surface area contributed by atoms with E-state index in [4.69, 9.17) is 34.8 Å². The Kier molecular flexibility index (Phi) is 2.68. The molecule has 7 heteroatoms. The fourth-order valence-electron chi connectivity index (χ4n) is 0.387. The zero-order valence-corrected chi connectivity index (χ0v) is 7.66. The molecule has 0 fully saturated rings. The van der Waals surface area contributed by atoms with Crippen LogP contribution in [-0.2, 0) is 0 Å². The fraction of sp³-hybridized carbons (Fsp3) is 0.333. The van der Waals surface area contributed by atoms with Gasteiger partial charge in [0.1, 0.15) is 0 Å². The van der Waals surface area contributed by atoms with E-state index >= 15 is 0 Å². The third kappa shape index (κ3) is 1.69. The Balaban J connectivity index is 2.85. The van der Waals surface area contributed by atoms with Crippen molar-refractivity contribution in [3.05, 3.63) is 0 Å². The topological polar surface area (TPSA) is 28.0 Å². The molecular formula is C3H2Cl3N3S. The third-order valence-electron chi connectivity index (χ3n) is 0.788. The van der Waals surface area contributed by atoms with Crippen LogP contribution in [0.25, 0.3) is 0 Å². The summed E-state index contributed by atoms with van der Waals surface area (Å²) < 4.78 is 1.19. The lowest BCUT2D eigenvalue weighted by molar-refractivity contribution is 0.642. The van der Waals surface area contributed by atoms with E-state index in [1.54, 1.807) is 0 Å². The Morgan fingerprint density at radius 1 is 1.50 bits per heavy atom. The Bertz CT molecular complexity index is 203. The molecule has 0 aromatic carbocycles. The van der Waals surface area contributed by atoms with Gasteiger partial charge in [0.05, 0.1) is 0 Å². The van der Waals surface area contributed by atoms with Crippen LogP contribution >= 0.6 is 47.6 Å². The molecule has 1 aliphatic rings. The summed E-state index contributed by atoms with van der Waals surface area (Å²) in [5, 5.41) is 0.152. The molecule has 0 saturated heterocycles. The number of hydrogen-bond acceptors (Lipinski definition) is 4. The Morgan fingerprint density at radius 2 is 2.10 bits per heavy atom. The molecule has 1 rings (SSSR count). The second-order valence-corrected chi connectivity index (χ2v) is 2.93.